The van der Waals surface area contributed by atoms with Crippen LogP contribution in [-0.4, -0.2) is 30.6 Å². The summed E-state index contributed by atoms with van der Waals surface area (Å²) in [7, 11) is 0. The number of fused-ring (bicyclic) bond motifs is 5. The van der Waals surface area contributed by atoms with Gasteiger partial charge in [0.15, 0.2) is 5.96 Å². The lowest BCUT2D eigenvalue weighted by Gasteiger charge is -2.58. The van der Waals surface area contributed by atoms with Crippen LogP contribution in [-0.2, 0) is 9.53 Å². The van der Waals surface area contributed by atoms with Crippen molar-refractivity contribution in [1.29, 1.82) is 0 Å². The fraction of sp³-hybridized carbons (Fsp3) is 0.886. The minimum absolute atomic E-state index is 0.0505. The molecule has 6 heteroatoms. The quantitative estimate of drug-likeness (QED) is 0.0771. The number of rotatable bonds is 12. The molecule has 0 bridgehead atoms. The Balaban J connectivity index is 1.35. The maximum Gasteiger partial charge on any atom is 0.323 e. The van der Waals surface area contributed by atoms with Crippen LogP contribution in [0.15, 0.2) is 16.6 Å². The molecule has 1 unspecified atom stereocenters. The van der Waals surface area contributed by atoms with E-state index in [0.717, 1.165) is 60.7 Å². The second-order valence-electron chi connectivity index (χ2n) is 15.3. The first-order valence-corrected chi connectivity index (χ1v) is 17.1. The highest BCUT2D eigenvalue weighted by Gasteiger charge is 2.59. The fourth-order valence-corrected chi connectivity index (χ4v) is 10.3. The van der Waals surface area contributed by atoms with Gasteiger partial charge in [-0.05, 0) is 116 Å². The van der Waals surface area contributed by atoms with Crippen LogP contribution in [0.2, 0.25) is 0 Å². The van der Waals surface area contributed by atoms with Crippen LogP contribution in [0.25, 0.3) is 0 Å². The molecule has 0 saturated heterocycles. The summed E-state index contributed by atoms with van der Waals surface area (Å²) in [6, 6.07) is -0.616. The third kappa shape index (κ3) is 6.83. The Bertz CT molecular complexity index is 958. The van der Waals surface area contributed by atoms with Gasteiger partial charge in [-0.3, -0.25) is 9.79 Å². The lowest BCUT2D eigenvalue weighted by Crippen LogP contribution is -2.51. The average molecular weight is 571 g/mol. The maximum absolute atomic E-state index is 12.7. The molecule has 4 aliphatic carbocycles. The minimum Gasteiger partial charge on any atom is -0.461 e. The van der Waals surface area contributed by atoms with Gasteiger partial charge in [-0.15, -0.1) is 0 Å². The van der Waals surface area contributed by atoms with Crippen LogP contribution in [0.4, 0.5) is 0 Å². The van der Waals surface area contributed by atoms with Crippen LogP contribution in [0.5, 0.6) is 0 Å². The number of hydrogen-bond acceptors (Lipinski definition) is 4. The van der Waals surface area contributed by atoms with Crippen LogP contribution in [0.3, 0.4) is 0 Å². The van der Waals surface area contributed by atoms with E-state index < -0.39 is 6.04 Å². The molecule has 3 fully saturated rings. The van der Waals surface area contributed by atoms with Gasteiger partial charge >= 0.3 is 5.97 Å². The van der Waals surface area contributed by atoms with Crippen LogP contribution in [0, 0.1) is 52.3 Å². The molecule has 4 rings (SSSR count). The molecule has 4 aliphatic rings. The Hall–Kier alpha value is -1.56. The van der Waals surface area contributed by atoms with Gasteiger partial charge in [0.05, 0.1) is 0 Å². The van der Waals surface area contributed by atoms with Crippen molar-refractivity contribution in [3.63, 3.8) is 0 Å². The SMILES string of the molecule is CC[C@H](CC[C@@H](C)[C@H]1CC[C@H]2[C@@H]3CC=C4C[C@@H](OC(=O)C(N)CCCN=C(N)N)CC[C@]4(C)[C@H]3CC[C@]12C)C(C)C. The summed E-state index contributed by atoms with van der Waals surface area (Å²) < 4.78 is 5.96. The van der Waals surface area contributed by atoms with Crippen molar-refractivity contribution in [2.75, 3.05) is 6.54 Å². The summed E-state index contributed by atoms with van der Waals surface area (Å²) in [6.07, 6.45) is 17.6. The molecule has 0 heterocycles. The largest absolute Gasteiger partial charge is 0.461 e. The molecule has 41 heavy (non-hydrogen) atoms. The number of carbonyl (C=O) groups is 1. The predicted molar refractivity (Wildman–Crippen MR) is 170 cm³/mol. The molecule has 0 spiro atoms. The summed E-state index contributed by atoms with van der Waals surface area (Å²) in [6.45, 7) is 15.5. The molecular weight excluding hydrogens is 508 g/mol. The number of guanidine groups is 1. The van der Waals surface area contributed by atoms with E-state index in [4.69, 9.17) is 21.9 Å². The molecule has 0 amide bonds. The molecule has 10 atom stereocenters. The van der Waals surface area contributed by atoms with Crippen molar-refractivity contribution in [3.05, 3.63) is 11.6 Å². The van der Waals surface area contributed by atoms with E-state index in [9.17, 15) is 4.79 Å². The van der Waals surface area contributed by atoms with Crippen molar-refractivity contribution in [2.24, 2.45) is 74.4 Å². The molecule has 3 saturated carbocycles. The average Bonchev–Trinajstić information content (AvgIpc) is 3.28. The highest BCUT2D eigenvalue weighted by Crippen LogP contribution is 2.67. The molecule has 0 aromatic heterocycles. The third-order valence-corrected chi connectivity index (χ3v) is 12.8. The van der Waals surface area contributed by atoms with Crippen LogP contribution < -0.4 is 17.2 Å². The second-order valence-corrected chi connectivity index (χ2v) is 15.3. The highest BCUT2D eigenvalue weighted by molar-refractivity contribution is 5.76. The molecule has 6 nitrogen and oxygen atoms in total. The monoisotopic (exact) mass is 570 g/mol. The van der Waals surface area contributed by atoms with E-state index in [-0.39, 0.29) is 23.4 Å². The smallest absolute Gasteiger partial charge is 0.323 e. The van der Waals surface area contributed by atoms with Gasteiger partial charge < -0.3 is 21.9 Å². The Kier molecular flexibility index (Phi) is 10.6. The molecule has 6 N–H and O–H groups in total. The van der Waals surface area contributed by atoms with Crippen LogP contribution >= 0.6 is 0 Å². The predicted octanol–water partition coefficient (Wildman–Crippen LogP) is 6.96. The first-order chi connectivity index (χ1) is 19.4. The highest BCUT2D eigenvalue weighted by atomic mass is 16.5. The first-order valence-electron chi connectivity index (χ1n) is 17.1. The van der Waals surface area contributed by atoms with Crippen molar-refractivity contribution < 1.29 is 9.53 Å². The molecule has 0 aromatic rings. The zero-order valence-corrected chi connectivity index (χ0v) is 27.2. The van der Waals surface area contributed by atoms with Gasteiger partial charge in [-0.25, -0.2) is 0 Å². The molecular formula is C35H62N4O2. The summed E-state index contributed by atoms with van der Waals surface area (Å²) in [5.74, 6) is 5.64. The number of allylic oxidation sites excluding steroid dienone is 1. The number of ether oxygens (including phenoxy) is 1. The molecule has 0 radical (unpaired) electrons. The van der Waals surface area contributed by atoms with Gasteiger partial charge in [-0.1, -0.05) is 66.0 Å². The van der Waals surface area contributed by atoms with E-state index in [1.54, 1.807) is 5.57 Å². The van der Waals surface area contributed by atoms with Crippen molar-refractivity contribution >= 4 is 11.9 Å². The van der Waals surface area contributed by atoms with Gasteiger partial charge in [0.1, 0.15) is 12.1 Å². The van der Waals surface area contributed by atoms with Gasteiger partial charge in [0.2, 0.25) is 0 Å². The van der Waals surface area contributed by atoms with Gasteiger partial charge in [0.25, 0.3) is 0 Å². The zero-order valence-electron chi connectivity index (χ0n) is 27.2. The Morgan fingerprint density at radius 3 is 2.49 bits per heavy atom. The van der Waals surface area contributed by atoms with Crippen LogP contribution in [0.1, 0.15) is 125 Å². The van der Waals surface area contributed by atoms with E-state index in [1.807, 2.05) is 0 Å². The van der Waals surface area contributed by atoms with E-state index in [2.05, 4.69) is 52.6 Å². The van der Waals surface area contributed by atoms with Gasteiger partial charge in [0, 0.05) is 13.0 Å². The Morgan fingerprint density at radius 1 is 1.05 bits per heavy atom. The third-order valence-electron chi connectivity index (χ3n) is 12.8. The number of hydrogen-bond donors (Lipinski definition) is 3. The fourth-order valence-electron chi connectivity index (χ4n) is 10.3. The number of nitrogens with zero attached hydrogens (tertiary/aromatic N) is 1. The molecule has 0 aliphatic heterocycles. The van der Waals surface area contributed by atoms with Crippen molar-refractivity contribution in [3.8, 4) is 0 Å². The molecule has 234 valence electrons. The first kappa shape index (κ1) is 32.4. The topological polar surface area (TPSA) is 117 Å². The normalized spacial score (nSPS) is 36.8. The van der Waals surface area contributed by atoms with E-state index >= 15 is 0 Å². The Morgan fingerprint density at radius 2 is 1.80 bits per heavy atom. The standard InChI is InChI=1S/C35H62N4O2/c1-7-24(22(2)3)11-10-23(4)28-14-15-29-27-13-12-25-21-26(41-32(40)31(36)9-8-20-39-33(37)38)16-18-34(25,5)30(27)17-19-35(28,29)6/h12,22-24,26-31H,7-11,13-21,36H2,1-6H3,(H4,37,38,39)/t23-,24-,26+,27+,28-,29+,30+,31?,34+,35-/m1/s1. The summed E-state index contributed by atoms with van der Waals surface area (Å²) in [5.41, 5.74) is 19.2. The summed E-state index contributed by atoms with van der Waals surface area (Å²) >= 11 is 0. The number of nitrogens with two attached hydrogens (primary N) is 3. The number of carbonyl (C=O) groups excluding carboxylic acids is 1. The lowest BCUT2D eigenvalue weighted by atomic mass is 9.47. The van der Waals surface area contributed by atoms with E-state index in [0.29, 0.717) is 24.8 Å². The van der Waals surface area contributed by atoms with E-state index in [1.165, 1.54) is 51.4 Å². The second kappa shape index (κ2) is 13.4. The number of aliphatic imine (C=N–C) groups is 1. The van der Waals surface area contributed by atoms with Crippen molar-refractivity contribution in [1.82, 2.24) is 0 Å². The Labute approximate surface area is 251 Å². The maximum atomic E-state index is 12.7. The molecule has 0 aromatic carbocycles. The van der Waals surface area contributed by atoms with Crippen molar-refractivity contribution in [2.45, 2.75) is 137 Å². The van der Waals surface area contributed by atoms with Gasteiger partial charge in [-0.2, -0.15) is 0 Å². The zero-order chi connectivity index (χ0) is 29.9. The lowest BCUT2D eigenvalue weighted by molar-refractivity contribution is -0.153. The summed E-state index contributed by atoms with van der Waals surface area (Å²) in [5, 5.41) is 0. The summed E-state index contributed by atoms with van der Waals surface area (Å²) in [4.78, 5) is 16.7. The number of esters is 1. The minimum atomic E-state index is -0.616.